The summed E-state index contributed by atoms with van der Waals surface area (Å²) in [6, 6.07) is 13.8. The van der Waals surface area contributed by atoms with Crippen molar-refractivity contribution in [2.75, 3.05) is 13.1 Å². The van der Waals surface area contributed by atoms with Gasteiger partial charge in [-0.15, -0.1) is 0 Å². The van der Waals surface area contributed by atoms with Crippen LogP contribution in [0, 0.1) is 5.92 Å². The Balaban J connectivity index is 1.48. The van der Waals surface area contributed by atoms with Gasteiger partial charge in [-0.3, -0.25) is 15.0 Å². The maximum atomic E-state index is 13.0. The van der Waals surface area contributed by atoms with Crippen LogP contribution < -0.4 is 22.1 Å². The zero-order valence-corrected chi connectivity index (χ0v) is 16.1. The van der Waals surface area contributed by atoms with Gasteiger partial charge in [0, 0.05) is 43.7 Å². The number of fused-ring (bicyclic) bond motifs is 4. The van der Waals surface area contributed by atoms with Crippen LogP contribution in [-0.2, 0) is 17.8 Å². The van der Waals surface area contributed by atoms with Gasteiger partial charge in [0.25, 0.3) is 11.5 Å². The molecule has 0 spiro atoms. The van der Waals surface area contributed by atoms with Crippen molar-refractivity contribution >= 4 is 11.9 Å². The largest absolute Gasteiger partial charge is 0.326 e. The summed E-state index contributed by atoms with van der Waals surface area (Å²) in [6.45, 7) is 1.70. The van der Waals surface area contributed by atoms with Crippen LogP contribution in [-0.4, -0.2) is 40.5 Å². The molecule has 29 heavy (non-hydrogen) atoms. The van der Waals surface area contributed by atoms with E-state index in [0.29, 0.717) is 26.1 Å². The first-order chi connectivity index (χ1) is 14.0. The van der Waals surface area contributed by atoms with Crippen LogP contribution in [0.4, 0.5) is 4.79 Å². The Bertz CT molecular complexity index is 958. The number of likely N-dealkylation sites (tertiary alicyclic amines) is 1. The number of hydrogen-bond donors (Lipinski definition) is 3. The van der Waals surface area contributed by atoms with E-state index in [4.69, 9.17) is 5.84 Å². The van der Waals surface area contributed by atoms with Gasteiger partial charge in [0.1, 0.15) is 6.04 Å². The Morgan fingerprint density at radius 2 is 1.86 bits per heavy atom. The van der Waals surface area contributed by atoms with Gasteiger partial charge >= 0.3 is 6.03 Å². The van der Waals surface area contributed by atoms with Gasteiger partial charge in [-0.1, -0.05) is 36.4 Å². The van der Waals surface area contributed by atoms with E-state index in [2.05, 4.69) is 10.7 Å². The molecular formula is C21H25N5O3. The molecule has 0 radical (unpaired) electrons. The van der Waals surface area contributed by atoms with Crippen molar-refractivity contribution < 1.29 is 9.59 Å². The molecule has 1 aromatic carbocycles. The van der Waals surface area contributed by atoms with E-state index in [-0.39, 0.29) is 23.4 Å². The zero-order chi connectivity index (χ0) is 20.4. The Kier molecular flexibility index (Phi) is 5.35. The lowest BCUT2D eigenvalue weighted by molar-refractivity contribution is -0.123. The number of hydrogen-bond acceptors (Lipinski definition) is 4. The third-order valence-corrected chi connectivity index (χ3v) is 5.81. The predicted octanol–water partition coefficient (Wildman–Crippen LogP) is 0.578. The Labute approximate surface area is 168 Å². The minimum atomic E-state index is -0.758. The van der Waals surface area contributed by atoms with Crippen molar-refractivity contribution in [2.24, 2.45) is 11.8 Å². The zero-order valence-electron chi connectivity index (χ0n) is 16.1. The molecule has 2 aliphatic rings. The Morgan fingerprint density at radius 3 is 2.62 bits per heavy atom. The Morgan fingerprint density at radius 1 is 1.07 bits per heavy atom. The molecule has 0 aliphatic carbocycles. The number of hydrazine groups is 1. The van der Waals surface area contributed by atoms with Crippen molar-refractivity contribution in [1.82, 2.24) is 20.2 Å². The summed E-state index contributed by atoms with van der Waals surface area (Å²) >= 11 is 0. The highest BCUT2D eigenvalue weighted by Crippen LogP contribution is 2.34. The van der Waals surface area contributed by atoms with Crippen LogP contribution in [0.1, 0.15) is 23.6 Å². The van der Waals surface area contributed by atoms with E-state index in [1.165, 1.54) is 0 Å². The van der Waals surface area contributed by atoms with Gasteiger partial charge in [-0.05, 0) is 24.0 Å². The van der Waals surface area contributed by atoms with Crippen LogP contribution in [0.3, 0.4) is 0 Å². The maximum Gasteiger partial charge on any atom is 0.318 e. The Hall–Kier alpha value is -3.13. The number of aromatic nitrogens is 1. The second kappa shape index (κ2) is 8.08. The molecule has 4 rings (SSSR count). The smallest absolute Gasteiger partial charge is 0.318 e. The van der Waals surface area contributed by atoms with E-state index >= 15 is 0 Å². The third-order valence-electron chi connectivity index (χ3n) is 5.81. The molecule has 0 unspecified atom stereocenters. The summed E-state index contributed by atoms with van der Waals surface area (Å²) in [6.07, 6.45) is 1.32. The quantitative estimate of drug-likeness (QED) is 0.400. The first-order valence-corrected chi connectivity index (χ1v) is 9.84. The summed E-state index contributed by atoms with van der Waals surface area (Å²) in [7, 11) is 0. The van der Waals surface area contributed by atoms with Crippen LogP contribution >= 0.6 is 0 Å². The molecule has 152 valence electrons. The fourth-order valence-corrected chi connectivity index (χ4v) is 4.46. The standard InChI is InChI=1S/C21H25N5O3/c22-24-20(28)17(10-14-5-2-1-3-6-14)23-21(29)25-11-15-9-16(13-25)18-7-4-8-19(27)26(18)12-15/h1-8,15-17H,9-13,22H2,(H,23,29)(H,24,28)/t15-,16-,17-/m0/s1. The normalized spacial score (nSPS) is 21.1. The number of rotatable bonds is 4. The highest BCUT2D eigenvalue weighted by Gasteiger charge is 2.37. The van der Waals surface area contributed by atoms with E-state index < -0.39 is 11.9 Å². The number of carbonyl (C=O) groups is 2. The van der Waals surface area contributed by atoms with Crippen LogP contribution in [0.15, 0.2) is 53.3 Å². The van der Waals surface area contributed by atoms with Gasteiger partial charge in [-0.25, -0.2) is 10.6 Å². The highest BCUT2D eigenvalue weighted by atomic mass is 16.2. The molecule has 8 heteroatoms. The molecular weight excluding hydrogens is 370 g/mol. The number of piperidine rings is 1. The first kappa shape index (κ1) is 19.2. The molecule has 3 heterocycles. The molecule has 2 bridgehead atoms. The highest BCUT2D eigenvalue weighted by molar-refractivity contribution is 5.87. The number of pyridine rings is 1. The van der Waals surface area contributed by atoms with Crippen LogP contribution in [0.2, 0.25) is 0 Å². The fraction of sp³-hybridized carbons (Fsp3) is 0.381. The lowest BCUT2D eigenvalue weighted by Crippen LogP contribution is -2.57. The van der Waals surface area contributed by atoms with E-state index in [0.717, 1.165) is 17.7 Å². The lowest BCUT2D eigenvalue weighted by atomic mass is 9.83. The molecule has 8 nitrogen and oxygen atoms in total. The van der Waals surface area contributed by atoms with Crippen LogP contribution in [0.5, 0.6) is 0 Å². The number of amides is 3. The summed E-state index contributed by atoms with van der Waals surface area (Å²) in [4.78, 5) is 39.1. The second-order valence-corrected chi connectivity index (χ2v) is 7.80. The van der Waals surface area contributed by atoms with Crippen molar-refractivity contribution in [3.05, 3.63) is 70.1 Å². The topological polar surface area (TPSA) is 109 Å². The fourth-order valence-electron chi connectivity index (χ4n) is 4.46. The number of carbonyl (C=O) groups excluding carboxylic acids is 2. The monoisotopic (exact) mass is 395 g/mol. The molecule has 1 fully saturated rings. The number of benzene rings is 1. The molecule has 4 N–H and O–H groups in total. The molecule has 0 saturated carbocycles. The summed E-state index contributed by atoms with van der Waals surface area (Å²) < 4.78 is 1.83. The number of urea groups is 1. The van der Waals surface area contributed by atoms with Gasteiger partial charge in [0.05, 0.1) is 0 Å². The molecule has 3 amide bonds. The average Bonchev–Trinajstić information content (AvgIpc) is 2.74. The summed E-state index contributed by atoms with van der Waals surface area (Å²) in [5.41, 5.74) is 4.07. The molecule has 1 saturated heterocycles. The average molecular weight is 395 g/mol. The minimum Gasteiger partial charge on any atom is -0.326 e. The van der Waals surface area contributed by atoms with Crippen molar-refractivity contribution in [2.45, 2.75) is 31.3 Å². The number of nitrogens with two attached hydrogens (primary N) is 1. The van der Waals surface area contributed by atoms with E-state index in [1.54, 1.807) is 17.0 Å². The second-order valence-electron chi connectivity index (χ2n) is 7.80. The maximum absolute atomic E-state index is 13.0. The van der Waals surface area contributed by atoms with Crippen molar-refractivity contribution in [1.29, 1.82) is 0 Å². The molecule has 2 aromatic rings. The summed E-state index contributed by atoms with van der Waals surface area (Å²) in [5.74, 6) is 5.24. The first-order valence-electron chi connectivity index (χ1n) is 9.84. The minimum absolute atomic E-state index is 0.0117. The van der Waals surface area contributed by atoms with Gasteiger partial charge in [0.15, 0.2) is 0 Å². The van der Waals surface area contributed by atoms with Gasteiger partial charge < -0.3 is 14.8 Å². The van der Waals surface area contributed by atoms with Crippen molar-refractivity contribution in [3.63, 3.8) is 0 Å². The summed E-state index contributed by atoms with van der Waals surface area (Å²) in [5, 5.41) is 2.84. The number of nitrogens with zero attached hydrogens (tertiary/aromatic N) is 2. The molecule has 1 aromatic heterocycles. The van der Waals surface area contributed by atoms with Crippen LogP contribution in [0.25, 0.3) is 0 Å². The molecule has 2 aliphatic heterocycles. The van der Waals surface area contributed by atoms with Gasteiger partial charge in [0.2, 0.25) is 0 Å². The van der Waals surface area contributed by atoms with Gasteiger partial charge in [-0.2, -0.15) is 0 Å². The van der Waals surface area contributed by atoms with E-state index in [9.17, 15) is 14.4 Å². The van der Waals surface area contributed by atoms with Crippen molar-refractivity contribution in [3.8, 4) is 0 Å². The third kappa shape index (κ3) is 4.02. The predicted molar refractivity (Wildman–Crippen MR) is 108 cm³/mol. The van der Waals surface area contributed by atoms with E-state index in [1.807, 2.05) is 41.0 Å². The molecule has 3 atom stereocenters. The number of nitrogens with one attached hydrogen (secondary N) is 2. The lowest BCUT2D eigenvalue weighted by Gasteiger charge is -2.42. The SMILES string of the molecule is NNC(=O)[C@H](Cc1ccccc1)NC(=O)N1C[C@@H]2C[C@@H](C1)c1cccc(=O)n1C2.